The molecule has 2 heterocycles. The van der Waals surface area contributed by atoms with Gasteiger partial charge in [0.2, 0.25) is 0 Å². The van der Waals surface area contributed by atoms with E-state index in [4.69, 9.17) is 23.8 Å². The van der Waals surface area contributed by atoms with Gasteiger partial charge in [-0.3, -0.25) is 15.1 Å². The van der Waals surface area contributed by atoms with E-state index >= 15 is 0 Å². The molecule has 0 aliphatic carbocycles. The minimum Gasteiger partial charge on any atom is -0.331 e. The number of aromatic nitrogens is 2. The van der Waals surface area contributed by atoms with E-state index in [0.29, 0.717) is 5.69 Å². The minimum absolute atomic E-state index is 0.129. The summed E-state index contributed by atoms with van der Waals surface area (Å²) in [6, 6.07) is 6.73. The average molecular weight is 293 g/mol. The Labute approximate surface area is 120 Å². The molecule has 0 unspecified atom stereocenters. The van der Waals surface area contributed by atoms with Crippen LogP contribution < -0.4 is 10.6 Å². The molecule has 0 aliphatic rings. The van der Waals surface area contributed by atoms with Crippen molar-refractivity contribution in [2.24, 2.45) is 0 Å². The molecule has 0 aliphatic heterocycles. The van der Waals surface area contributed by atoms with E-state index in [-0.39, 0.29) is 15.8 Å². The molecule has 2 aromatic rings. The molecular formula is C12H9ClN4OS. The van der Waals surface area contributed by atoms with Crippen LogP contribution in [0.1, 0.15) is 10.4 Å². The Hall–Kier alpha value is -2.05. The summed E-state index contributed by atoms with van der Waals surface area (Å²) in [4.78, 5) is 19.6. The SMILES string of the molecule is O=C(NC(=S)Nc1cccnc1)c1cccnc1Cl. The Morgan fingerprint density at radius 3 is 2.74 bits per heavy atom. The first kappa shape index (κ1) is 13.4. The first-order valence-electron chi connectivity index (χ1n) is 5.29. The maximum absolute atomic E-state index is 11.9. The monoisotopic (exact) mass is 292 g/mol. The predicted molar refractivity (Wildman–Crippen MR) is 77.2 cm³/mol. The molecule has 96 valence electrons. The van der Waals surface area contributed by atoms with Crippen molar-refractivity contribution in [2.45, 2.75) is 0 Å². The van der Waals surface area contributed by atoms with Gasteiger partial charge in [-0.2, -0.15) is 0 Å². The van der Waals surface area contributed by atoms with Crippen molar-refractivity contribution >= 4 is 40.5 Å². The van der Waals surface area contributed by atoms with Gasteiger partial charge in [0.15, 0.2) is 5.11 Å². The number of anilines is 1. The Morgan fingerprint density at radius 1 is 1.26 bits per heavy atom. The highest BCUT2D eigenvalue weighted by Crippen LogP contribution is 2.11. The molecule has 0 aromatic carbocycles. The number of amides is 1. The predicted octanol–water partition coefficient (Wildman–Crippen LogP) is 2.26. The van der Waals surface area contributed by atoms with E-state index in [9.17, 15) is 4.79 Å². The van der Waals surface area contributed by atoms with Gasteiger partial charge in [0.1, 0.15) is 5.15 Å². The van der Waals surface area contributed by atoms with Crippen molar-refractivity contribution in [3.8, 4) is 0 Å². The number of nitrogens with zero attached hydrogens (tertiary/aromatic N) is 2. The van der Waals surface area contributed by atoms with Crippen LogP contribution in [0.2, 0.25) is 5.15 Å². The van der Waals surface area contributed by atoms with E-state index in [1.165, 1.54) is 6.20 Å². The van der Waals surface area contributed by atoms with Crippen molar-refractivity contribution in [2.75, 3.05) is 5.32 Å². The topological polar surface area (TPSA) is 66.9 Å². The molecule has 0 fully saturated rings. The van der Waals surface area contributed by atoms with Crippen LogP contribution in [0.3, 0.4) is 0 Å². The van der Waals surface area contributed by atoms with Crippen LogP contribution in [-0.4, -0.2) is 21.0 Å². The Morgan fingerprint density at radius 2 is 2.05 bits per heavy atom. The lowest BCUT2D eigenvalue weighted by molar-refractivity contribution is 0.0977. The zero-order valence-corrected chi connectivity index (χ0v) is 11.2. The average Bonchev–Trinajstić information content (AvgIpc) is 2.40. The van der Waals surface area contributed by atoms with Crippen molar-refractivity contribution in [1.29, 1.82) is 0 Å². The third-order valence-electron chi connectivity index (χ3n) is 2.15. The molecule has 2 aromatic heterocycles. The normalized spacial score (nSPS) is 9.74. The summed E-state index contributed by atoms with van der Waals surface area (Å²) in [5, 5.41) is 5.64. The van der Waals surface area contributed by atoms with Crippen molar-refractivity contribution < 1.29 is 4.79 Å². The van der Waals surface area contributed by atoms with Gasteiger partial charge in [-0.15, -0.1) is 0 Å². The Balaban J connectivity index is 2.00. The second kappa shape index (κ2) is 6.21. The van der Waals surface area contributed by atoms with Gasteiger partial charge in [0.25, 0.3) is 5.91 Å². The molecule has 1 amide bonds. The molecular weight excluding hydrogens is 284 g/mol. The molecule has 0 saturated carbocycles. The first-order valence-corrected chi connectivity index (χ1v) is 6.08. The molecule has 0 atom stereocenters. The standard InChI is InChI=1S/C12H9ClN4OS/c13-10-9(4-2-6-15-10)11(18)17-12(19)16-8-3-1-5-14-7-8/h1-7H,(H2,16,17,18,19). The summed E-state index contributed by atoms with van der Waals surface area (Å²) >= 11 is 10.8. The summed E-state index contributed by atoms with van der Waals surface area (Å²) in [6.45, 7) is 0. The molecule has 7 heteroatoms. The third-order valence-corrected chi connectivity index (χ3v) is 2.66. The molecule has 0 radical (unpaired) electrons. The second-order valence-electron chi connectivity index (χ2n) is 3.49. The van der Waals surface area contributed by atoms with Gasteiger partial charge in [-0.25, -0.2) is 4.98 Å². The number of thiocarbonyl (C=S) groups is 1. The second-order valence-corrected chi connectivity index (χ2v) is 4.26. The van der Waals surface area contributed by atoms with Crippen LogP contribution in [0.25, 0.3) is 0 Å². The smallest absolute Gasteiger partial charge is 0.260 e. The summed E-state index contributed by atoms with van der Waals surface area (Å²) in [7, 11) is 0. The fraction of sp³-hybridized carbons (Fsp3) is 0. The van der Waals surface area contributed by atoms with Gasteiger partial charge in [-0.1, -0.05) is 11.6 Å². The number of halogens is 1. The fourth-order valence-electron chi connectivity index (χ4n) is 1.32. The van der Waals surface area contributed by atoms with E-state index in [1.807, 2.05) is 0 Å². The maximum Gasteiger partial charge on any atom is 0.260 e. The van der Waals surface area contributed by atoms with E-state index in [1.54, 1.807) is 36.7 Å². The number of carbonyl (C=O) groups is 1. The first-order chi connectivity index (χ1) is 9.16. The van der Waals surface area contributed by atoms with Gasteiger partial charge >= 0.3 is 0 Å². The van der Waals surface area contributed by atoms with Crippen LogP contribution in [-0.2, 0) is 0 Å². The zero-order chi connectivity index (χ0) is 13.7. The molecule has 5 nitrogen and oxygen atoms in total. The summed E-state index contributed by atoms with van der Waals surface area (Å²) in [5.74, 6) is -0.417. The highest BCUT2D eigenvalue weighted by atomic mass is 35.5. The van der Waals surface area contributed by atoms with Gasteiger partial charge in [0.05, 0.1) is 17.4 Å². The number of hydrogen-bond donors (Lipinski definition) is 2. The summed E-state index contributed by atoms with van der Waals surface area (Å²) in [6.07, 6.45) is 4.74. The number of nitrogens with one attached hydrogen (secondary N) is 2. The van der Waals surface area contributed by atoms with E-state index < -0.39 is 5.91 Å². The number of pyridine rings is 2. The van der Waals surface area contributed by atoms with E-state index in [0.717, 1.165) is 0 Å². The molecule has 0 saturated heterocycles. The lowest BCUT2D eigenvalue weighted by atomic mass is 10.3. The van der Waals surface area contributed by atoms with Gasteiger partial charge in [0, 0.05) is 12.4 Å². The molecule has 0 bridgehead atoms. The van der Waals surface area contributed by atoms with Crippen molar-refractivity contribution in [3.05, 3.63) is 53.6 Å². The third kappa shape index (κ3) is 3.70. The maximum atomic E-state index is 11.9. The quantitative estimate of drug-likeness (QED) is 0.656. The Bertz CT molecular complexity index is 606. The highest BCUT2D eigenvalue weighted by molar-refractivity contribution is 7.80. The van der Waals surface area contributed by atoms with Crippen molar-refractivity contribution in [3.63, 3.8) is 0 Å². The number of hydrogen-bond acceptors (Lipinski definition) is 4. The summed E-state index contributed by atoms with van der Waals surface area (Å²) < 4.78 is 0. The van der Waals surface area contributed by atoms with Crippen LogP contribution in [0, 0.1) is 0 Å². The molecule has 0 spiro atoms. The number of rotatable bonds is 2. The largest absolute Gasteiger partial charge is 0.331 e. The van der Waals surface area contributed by atoms with Crippen molar-refractivity contribution in [1.82, 2.24) is 15.3 Å². The van der Waals surface area contributed by atoms with Gasteiger partial charge in [-0.05, 0) is 36.5 Å². The van der Waals surface area contributed by atoms with Crippen LogP contribution in [0.15, 0.2) is 42.9 Å². The fourth-order valence-corrected chi connectivity index (χ4v) is 1.74. The lowest BCUT2D eigenvalue weighted by Gasteiger charge is -2.09. The van der Waals surface area contributed by atoms with Crippen LogP contribution >= 0.6 is 23.8 Å². The number of carbonyl (C=O) groups excluding carboxylic acids is 1. The summed E-state index contributed by atoms with van der Waals surface area (Å²) in [5.41, 5.74) is 0.949. The van der Waals surface area contributed by atoms with Crippen LogP contribution in [0.4, 0.5) is 5.69 Å². The molecule has 19 heavy (non-hydrogen) atoms. The minimum atomic E-state index is -0.417. The zero-order valence-electron chi connectivity index (χ0n) is 9.63. The molecule has 2 rings (SSSR count). The molecule has 2 N–H and O–H groups in total. The Kier molecular flexibility index (Phi) is 4.38. The van der Waals surface area contributed by atoms with Gasteiger partial charge < -0.3 is 5.32 Å². The highest BCUT2D eigenvalue weighted by Gasteiger charge is 2.11. The van der Waals surface area contributed by atoms with E-state index in [2.05, 4.69) is 20.6 Å². The van der Waals surface area contributed by atoms with Crippen LogP contribution in [0.5, 0.6) is 0 Å². The lowest BCUT2D eigenvalue weighted by Crippen LogP contribution is -2.34.